The standard InChI is InChI=1S/C16H21N3O4S/c1-9(17-15(21)23-16(2,3)4)13(20)19-14-18-11-7-6-10(22-5)8-12(11)24-14/h6-9H,1-5H3,(H,17,21)(H,18,19,20). The van der Waals surface area contributed by atoms with Gasteiger partial charge in [0, 0.05) is 0 Å². The molecule has 24 heavy (non-hydrogen) atoms. The maximum Gasteiger partial charge on any atom is 0.408 e. The number of ether oxygens (including phenoxy) is 2. The Kier molecular flexibility index (Phi) is 5.28. The SMILES string of the molecule is COc1ccc2nc(NC(=O)C(C)NC(=O)OC(C)(C)C)sc2c1. The van der Waals surface area contributed by atoms with Crippen molar-refractivity contribution < 1.29 is 19.1 Å². The molecule has 7 nitrogen and oxygen atoms in total. The van der Waals surface area contributed by atoms with E-state index in [1.165, 1.54) is 11.3 Å². The Morgan fingerprint density at radius 2 is 2.00 bits per heavy atom. The van der Waals surface area contributed by atoms with Crippen molar-refractivity contribution >= 4 is 38.7 Å². The molecule has 8 heteroatoms. The van der Waals surface area contributed by atoms with Gasteiger partial charge in [-0.05, 0) is 45.9 Å². The summed E-state index contributed by atoms with van der Waals surface area (Å²) in [5.41, 5.74) is 0.149. The summed E-state index contributed by atoms with van der Waals surface area (Å²) in [5, 5.41) is 5.65. The van der Waals surface area contributed by atoms with Crippen LogP contribution in [0.2, 0.25) is 0 Å². The average Bonchev–Trinajstić information content (AvgIpc) is 2.85. The number of rotatable bonds is 4. The molecule has 1 unspecified atom stereocenters. The highest BCUT2D eigenvalue weighted by molar-refractivity contribution is 7.22. The number of thiazole rings is 1. The molecule has 1 atom stereocenters. The summed E-state index contributed by atoms with van der Waals surface area (Å²) in [7, 11) is 1.59. The van der Waals surface area contributed by atoms with Crippen molar-refractivity contribution in [2.75, 3.05) is 12.4 Å². The number of aromatic nitrogens is 1. The molecule has 0 aliphatic rings. The number of nitrogens with zero attached hydrogens (tertiary/aromatic N) is 1. The topological polar surface area (TPSA) is 89.5 Å². The second-order valence-corrected chi connectivity index (χ2v) is 7.24. The number of alkyl carbamates (subject to hydrolysis) is 1. The molecule has 2 amide bonds. The third-order valence-electron chi connectivity index (χ3n) is 2.95. The first-order valence-electron chi connectivity index (χ1n) is 7.43. The van der Waals surface area contributed by atoms with E-state index in [1.807, 2.05) is 12.1 Å². The smallest absolute Gasteiger partial charge is 0.408 e. The van der Waals surface area contributed by atoms with Crippen LogP contribution in [-0.4, -0.2) is 35.7 Å². The summed E-state index contributed by atoms with van der Waals surface area (Å²) in [5.74, 6) is 0.357. The molecule has 0 saturated carbocycles. The number of fused-ring (bicyclic) bond motifs is 1. The number of benzene rings is 1. The molecule has 0 spiro atoms. The Bertz CT molecular complexity index is 751. The van der Waals surface area contributed by atoms with Crippen molar-refractivity contribution in [3.05, 3.63) is 18.2 Å². The Morgan fingerprint density at radius 3 is 2.62 bits per heavy atom. The van der Waals surface area contributed by atoms with Gasteiger partial charge in [-0.3, -0.25) is 4.79 Å². The van der Waals surface area contributed by atoms with Crippen molar-refractivity contribution in [3.8, 4) is 5.75 Å². The quantitative estimate of drug-likeness (QED) is 0.883. The first-order chi connectivity index (χ1) is 11.2. The second-order valence-electron chi connectivity index (χ2n) is 6.21. The number of carbonyl (C=O) groups is 2. The van der Waals surface area contributed by atoms with Gasteiger partial charge < -0.3 is 20.1 Å². The van der Waals surface area contributed by atoms with Gasteiger partial charge >= 0.3 is 6.09 Å². The largest absolute Gasteiger partial charge is 0.497 e. The van der Waals surface area contributed by atoms with Gasteiger partial charge in [0.05, 0.1) is 17.3 Å². The van der Waals surface area contributed by atoms with Crippen LogP contribution < -0.4 is 15.4 Å². The molecule has 2 N–H and O–H groups in total. The van der Waals surface area contributed by atoms with E-state index in [-0.39, 0.29) is 5.91 Å². The van der Waals surface area contributed by atoms with E-state index in [9.17, 15) is 9.59 Å². The lowest BCUT2D eigenvalue weighted by atomic mass is 10.2. The minimum absolute atomic E-state index is 0.369. The van der Waals surface area contributed by atoms with Gasteiger partial charge in [-0.1, -0.05) is 11.3 Å². The fourth-order valence-corrected chi connectivity index (χ4v) is 2.75. The lowest BCUT2D eigenvalue weighted by molar-refractivity contribution is -0.117. The van der Waals surface area contributed by atoms with Gasteiger partial charge in [-0.15, -0.1) is 0 Å². The fourth-order valence-electron chi connectivity index (χ4n) is 1.85. The summed E-state index contributed by atoms with van der Waals surface area (Å²) in [6.07, 6.45) is -0.640. The molecular formula is C16H21N3O4S. The summed E-state index contributed by atoms with van der Waals surface area (Å²) >= 11 is 1.33. The van der Waals surface area contributed by atoms with Crippen LogP contribution >= 0.6 is 11.3 Å². The number of hydrogen-bond acceptors (Lipinski definition) is 6. The van der Waals surface area contributed by atoms with E-state index in [0.29, 0.717) is 5.13 Å². The molecule has 0 saturated heterocycles. The molecule has 2 rings (SSSR count). The first-order valence-corrected chi connectivity index (χ1v) is 8.24. The van der Waals surface area contributed by atoms with Crippen LogP contribution in [0.25, 0.3) is 10.2 Å². The normalized spacial score (nSPS) is 12.5. The van der Waals surface area contributed by atoms with Crippen LogP contribution in [0.1, 0.15) is 27.7 Å². The summed E-state index contributed by atoms with van der Waals surface area (Å²) in [6.45, 7) is 6.85. The molecule has 130 valence electrons. The van der Waals surface area contributed by atoms with Crippen molar-refractivity contribution in [2.24, 2.45) is 0 Å². The minimum atomic E-state index is -0.749. The second kappa shape index (κ2) is 7.04. The zero-order valence-electron chi connectivity index (χ0n) is 14.3. The summed E-state index contributed by atoms with van der Waals surface area (Å²) in [6, 6.07) is 4.73. The molecule has 2 aromatic rings. The maximum atomic E-state index is 12.2. The number of carbonyl (C=O) groups excluding carboxylic acids is 2. The lowest BCUT2D eigenvalue weighted by Crippen LogP contribution is -2.43. The van der Waals surface area contributed by atoms with E-state index in [0.717, 1.165) is 16.0 Å². The maximum absolute atomic E-state index is 12.2. The average molecular weight is 351 g/mol. The molecule has 0 radical (unpaired) electrons. The molecule has 0 aliphatic heterocycles. The van der Waals surface area contributed by atoms with Crippen LogP contribution in [0.5, 0.6) is 5.75 Å². The van der Waals surface area contributed by atoms with Gasteiger partial charge in [0.1, 0.15) is 17.4 Å². The van der Waals surface area contributed by atoms with Crippen molar-refractivity contribution in [2.45, 2.75) is 39.3 Å². The zero-order chi connectivity index (χ0) is 17.9. The first kappa shape index (κ1) is 18.0. The number of hydrogen-bond donors (Lipinski definition) is 2. The van der Waals surface area contributed by atoms with E-state index in [1.54, 1.807) is 40.9 Å². The Hall–Kier alpha value is -2.35. The molecule has 1 aromatic carbocycles. The monoisotopic (exact) mass is 351 g/mol. The molecule has 1 heterocycles. The van der Waals surface area contributed by atoms with E-state index in [2.05, 4.69) is 15.6 Å². The van der Waals surface area contributed by atoms with E-state index in [4.69, 9.17) is 9.47 Å². The molecule has 0 fully saturated rings. The van der Waals surface area contributed by atoms with Gasteiger partial charge in [-0.25, -0.2) is 9.78 Å². The third-order valence-corrected chi connectivity index (χ3v) is 3.89. The Labute approximate surface area is 144 Å². The van der Waals surface area contributed by atoms with Crippen LogP contribution in [0.3, 0.4) is 0 Å². The Morgan fingerprint density at radius 1 is 1.29 bits per heavy atom. The number of methoxy groups -OCH3 is 1. The highest BCUT2D eigenvalue weighted by Gasteiger charge is 2.21. The van der Waals surface area contributed by atoms with Crippen molar-refractivity contribution in [1.29, 1.82) is 0 Å². The highest BCUT2D eigenvalue weighted by atomic mass is 32.1. The number of nitrogens with one attached hydrogen (secondary N) is 2. The predicted molar refractivity (Wildman–Crippen MR) is 93.6 cm³/mol. The van der Waals surface area contributed by atoms with Crippen LogP contribution in [0.15, 0.2) is 18.2 Å². The number of amides is 2. The fraction of sp³-hybridized carbons (Fsp3) is 0.438. The molecule has 0 aliphatic carbocycles. The summed E-state index contributed by atoms with van der Waals surface area (Å²) in [4.78, 5) is 28.2. The van der Waals surface area contributed by atoms with Crippen LogP contribution in [0.4, 0.5) is 9.93 Å². The van der Waals surface area contributed by atoms with Crippen LogP contribution in [-0.2, 0) is 9.53 Å². The minimum Gasteiger partial charge on any atom is -0.497 e. The zero-order valence-corrected chi connectivity index (χ0v) is 15.1. The Balaban J connectivity index is 1.99. The third kappa shape index (κ3) is 4.82. The van der Waals surface area contributed by atoms with Gasteiger partial charge in [-0.2, -0.15) is 0 Å². The van der Waals surface area contributed by atoms with E-state index >= 15 is 0 Å². The van der Waals surface area contributed by atoms with Crippen molar-refractivity contribution in [3.63, 3.8) is 0 Å². The lowest BCUT2D eigenvalue weighted by Gasteiger charge is -2.21. The van der Waals surface area contributed by atoms with Gasteiger partial charge in [0.2, 0.25) is 5.91 Å². The molecular weight excluding hydrogens is 330 g/mol. The predicted octanol–water partition coefficient (Wildman–Crippen LogP) is 3.16. The van der Waals surface area contributed by atoms with Gasteiger partial charge in [0.15, 0.2) is 5.13 Å². The van der Waals surface area contributed by atoms with E-state index < -0.39 is 17.7 Å². The molecule has 0 bridgehead atoms. The summed E-state index contributed by atoms with van der Waals surface area (Å²) < 4.78 is 11.2. The van der Waals surface area contributed by atoms with Crippen LogP contribution in [0, 0.1) is 0 Å². The van der Waals surface area contributed by atoms with Crippen molar-refractivity contribution in [1.82, 2.24) is 10.3 Å². The molecule has 1 aromatic heterocycles. The van der Waals surface area contributed by atoms with Gasteiger partial charge in [0.25, 0.3) is 0 Å². The number of anilines is 1. The highest BCUT2D eigenvalue weighted by Crippen LogP contribution is 2.29.